The number of aliphatic hydroxyl groups excluding tert-OH is 2. The molecule has 77 heavy (non-hydrogen) atoms. The first-order valence-electron chi connectivity index (χ1n) is 35.1. The minimum atomic E-state index is -0.841. The Morgan fingerprint density at radius 2 is 0.610 bits per heavy atom. The first-order valence-corrected chi connectivity index (χ1v) is 35.1. The Morgan fingerprint density at radius 1 is 0.351 bits per heavy atom. The lowest BCUT2D eigenvalue weighted by Gasteiger charge is -2.20. The molecule has 0 radical (unpaired) electrons. The number of nitrogens with one attached hydrogen (secondary N) is 1. The predicted molar refractivity (Wildman–Crippen MR) is 338 cm³/mol. The third-order valence-corrected chi connectivity index (χ3v) is 16.5. The fraction of sp³-hybridized carbons (Fsp3) is 0.915. The van der Waals surface area contributed by atoms with E-state index in [2.05, 4.69) is 31.3 Å². The smallest absolute Gasteiger partial charge is 0.305 e. The van der Waals surface area contributed by atoms with Crippen molar-refractivity contribution in [2.45, 2.75) is 405 Å². The third kappa shape index (κ3) is 63.4. The molecule has 0 aliphatic rings. The van der Waals surface area contributed by atoms with E-state index in [4.69, 9.17) is 4.74 Å². The number of carbonyl (C=O) groups is 2. The number of allylic oxidation sites excluding steroid dienone is 3. The van der Waals surface area contributed by atoms with Gasteiger partial charge in [-0.05, 0) is 57.8 Å². The van der Waals surface area contributed by atoms with Crippen LogP contribution in [0.2, 0.25) is 0 Å². The molecule has 0 rings (SSSR count). The molecule has 1 amide bonds. The summed E-state index contributed by atoms with van der Waals surface area (Å²) in [5, 5.41) is 23.1. The summed E-state index contributed by atoms with van der Waals surface area (Å²) >= 11 is 0. The monoisotopic (exact) mass is 1080 g/mol. The zero-order valence-electron chi connectivity index (χ0n) is 52.2. The second kappa shape index (κ2) is 66.8. The molecule has 3 N–H and O–H groups in total. The quantitative estimate of drug-likeness (QED) is 0.0320. The number of hydrogen-bond donors (Lipinski definition) is 3. The van der Waals surface area contributed by atoms with E-state index in [9.17, 15) is 19.8 Å². The maximum Gasteiger partial charge on any atom is 0.305 e. The van der Waals surface area contributed by atoms with Gasteiger partial charge in [0.25, 0.3) is 0 Å². The van der Waals surface area contributed by atoms with Crippen LogP contribution in [0.3, 0.4) is 0 Å². The van der Waals surface area contributed by atoms with Crippen LogP contribution < -0.4 is 5.32 Å². The number of rotatable bonds is 66. The summed E-state index contributed by atoms with van der Waals surface area (Å²) in [5.41, 5.74) is 0. The molecule has 6 heteroatoms. The van der Waals surface area contributed by atoms with Crippen molar-refractivity contribution in [3.8, 4) is 0 Å². The lowest BCUT2D eigenvalue weighted by Crippen LogP contribution is -2.45. The van der Waals surface area contributed by atoms with Gasteiger partial charge in [0.05, 0.1) is 25.4 Å². The van der Waals surface area contributed by atoms with Gasteiger partial charge in [0, 0.05) is 12.8 Å². The second-order valence-corrected chi connectivity index (χ2v) is 24.2. The molecule has 6 nitrogen and oxygen atoms in total. The van der Waals surface area contributed by atoms with Gasteiger partial charge in [0.2, 0.25) is 5.91 Å². The van der Waals surface area contributed by atoms with Gasteiger partial charge >= 0.3 is 5.97 Å². The van der Waals surface area contributed by atoms with Crippen LogP contribution in [-0.2, 0) is 14.3 Å². The number of unbranched alkanes of at least 4 members (excludes halogenated alkanes) is 53. The molecule has 0 aliphatic carbocycles. The molecule has 0 aromatic rings. The average molecular weight is 1080 g/mol. The van der Waals surface area contributed by atoms with Gasteiger partial charge in [-0.25, -0.2) is 0 Å². The van der Waals surface area contributed by atoms with Gasteiger partial charge in [-0.2, -0.15) is 0 Å². The number of aliphatic hydroxyl groups is 2. The molecule has 0 saturated heterocycles. The first kappa shape index (κ1) is 75.3. The Morgan fingerprint density at radius 3 is 0.922 bits per heavy atom. The van der Waals surface area contributed by atoms with Crippen molar-refractivity contribution >= 4 is 11.9 Å². The number of hydrogen-bond acceptors (Lipinski definition) is 5. The van der Waals surface area contributed by atoms with Crippen molar-refractivity contribution in [2.24, 2.45) is 0 Å². The summed E-state index contributed by atoms with van der Waals surface area (Å²) in [6.07, 6.45) is 84.1. The van der Waals surface area contributed by atoms with E-state index in [0.717, 1.165) is 38.5 Å². The van der Waals surface area contributed by atoms with Crippen LogP contribution in [0.4, 0.5) is 0 Å². The zero-order chi connectivity index (χ0) is 55.7. The van der Waals surface area contributed by atoms with Crippen LogP contribution in [0.15, 0.2) is 24.3 Å². The van der Waals surface area contributed by atoms with Gasteiger partial charge in [-0.1, -0.05) is 346 Å². The zero-order valence-corrected chi connectivity index (χ0v) is 52.2. The van der Waals surface area contributed by atoms with Crippen molar-refractivity contribution in [1.82, 2.24) is 5.32 Å². The summed E-state index contributed by atoms with van der Waals surface area (Å²) in [5.74, 6) is -0.0424. The Balaban J connectivity index is 3.34. The summed E-state index contributed by atoms with van der Waals surface area (Å²) in [6, 6.07) is -0.625. The average Bonchev–Trinajstić information content (AvgIpc) is 3.43. The van der Waals surface area contributed by atoms with Crippen molar-refractivity contribution in [3.05, 3.63) is 24.3 Å². The number of carbonyl (C=O) groups excluding carboxylic acids is 2. The molecule has 0 bridgehead atoms. The lowest BCUT2D eigenvalue weighted by atomic mass is 10.0. The standard InChI is InChI=1S/C71H137NO5/c1-3-5-7-9-11-13-15-17-36-41-45-49-53-57-61-65-71(76)77-66-62-58-54-50-46-42-38-35-33-31-29-27-25-23-21-19-18-20-22-24-26-28-30-32-34-37-40-44-48-52-56-60-64-70(75)72-68(67-73)69(74)63-59-55-51-47-43-39-16-14-12-10-8-6-4-2/h21,23,59,63,68-69,73-74H,3-20,22,24-58,60-62,64-67H2,1-2H3,(H,72,75)/b23-21-,63-59+. The highest BCUT2D eigenvalue weighted by atomic mass is 16.5. The molecule has 0 spiro atoms. The van der Waals surface area contributed by atoms with Gasteiger partial charge in [-0.3, -0.25) is 9.59 Å². The molecule has 0 aliphatic heterocycles. The largest absolute Gasteiger partial charge is 0.466 e. The van der Waals surface area contributed by atoms with E-state index in [0.29, 0.717) is 19.4 Å². The number of amides is 1. The lowest BCUT2D eigenvalue weighted by molar-refractivity contribution is -0.143. The van der Waals surface area contributed by atoms with E-state index in [1.54, 1.807) is 6.08 Å². The van der Waals surface area contributed by atoms with Crippen molar-refractivity contribution in [1.29, 1.82) is 0 Å². The van der Waals surface area contributed by atoms with Crippen LogP contribution in [0.25, 0.3) is 0 Å². The number of esters is 1. The molecule has 2 unspecified atom stereocenters. The van der Waals surface area contributed by atoms with Crippen LogP contribution in [0.5, 0.6) is 0 Å². The van der Waals surface area contributed by atoms with Crippen LogP contribution in [0, 0.1) is 0 Å². The van der Waals surface area contributed by atoms with E-state index in [-0.39, 0.29) is 18.5 Å². The summed E-state index contributed by atoms with van der Waals surface area (Å²) in [7, 11) is 0. The molecule has 0 saturated carbocycles. The van der Waals surface area contributed by atoms with Gasteiger partial charge in [0.1, 0.15) is 0 Å². The summed E-state index contributed by atoms with van der Waals surface area (Å²) < 4.78 is 5.50. The molecule has 2 atom stereocenters. The Bertz CT molecular complexity index is 1200. The molecule has 0 fully saturated rings. The van der Waals surface area contributed by atoms with E-state index >= 15 is 0 Å². The molecule has 0 aromatic heterocycles. The van der Waals surface area contributed by atoms with Gasteiger partial charge in [0.15, 0.2) is 0 Å². The van der Waals surface area contributed by atoms with Crippen molar-refractivity contribution < 1.29 is 24.5 Å². The summed E-state index contributed by atoms with van der Waals surface area (Å²) in [4.78, 5) is 24.5. The molecule has 0 aromatic carbocycles. The fourth-order valence-corrected chi connectivity index (χ4v) is 11.1. The first-order chi connectivity index (χ1) is 38.0. The molecular weight excluding hydrogens is 947 g/mol. The van der Waals surface area contributed by atoms with Gasteiger partial charge in [-0.15, -0.1) is 0 Å². The Labute approximate surface area is 481 Å². The highest BCUT2D eigenvalue weighted by Gasteiger charge is 2.18. The number of ether oxygens (including phenoxy) is 1. The van der Waals surface area contributed by atoms with E-state index in [1.165, 1.54) is 327 Å². The minimum Gasteiger partial charge on any atom is -0.466 e. The van der Waals surface area contributed by atoms with Crippen LogP contribution >= 0.6 is 0 Å². The molecule has 456 valence electrons. The minimum absolute atomic E-state index is 0.0214. The maximum absolute atomic E-state index is 12.5. The second-order valence-electron chi connectivity index (χ2n) is 24.2. The maximum atomic E-state index is 12.5. The van der Waals surface area contributed by atoms with Crippen molar-refractivity contribution in [2.75, 3.05) is 13.2 Å². The van der Waals surface area contributed by atoms with E-state index < -0.39 is 12.1 Å². The van der Waals surface area contributed by atoms with Crippen LogP contribution in [0.1, 0.15) is 393 Å². The highest BCUT2D eigenvalue weighted by molar-refractivity contribution is 5.76. The molecular formula is C71H137NO5. The normalized spacial score (nSPS) is 12.6. The SMILES string of the molecule is CCCCCCCCCCCCC/C=C/C(O)C(CO)NC(=O)CCCCCCCCCCCCCCCCCC/C=C\CCCCCCCCCCCCCCOC(=O)CCCCCCCCCCCCCCCCC. The topological polar surface area (TPSA) is 95.9 Å². The van der Waals surface area contributed by atoms with Crippen LogP contribution in [-0.4, -0.2) is 47.4 Å². The molecule has 0 heterocycles. The third-order valence-electron chi connectivity index (χ3n) is 16.5. The van der Waals surface area contributed by atoms with Gasteiger partial charge < -0.3 is 20.3 Å². The fourth-order valence-electron chi connectivity index (χ4n) is 11.1. The van der Waals surface area contributed by atoms with Crippen molar-refractivity contribution in [3.63, 3.8) is 0 Å². The summed E-state index contributed by atoms with van der Waals surface area (Å²) in [6.45, 7) is 4.93. The van der Waals surface area contributed by atoms with E-state index in [1.807, 2.05) is 6.08 Å². The Kier molecular flexibility index (Phi) is 65.4. The predicted octanol–water partition coefficient (Wildman–Crippen LogP) is 22.5. The highest BCUT2D eigenvalue weighted by Crippen LogP contribution is 2.19. The Hall–Kier alpha value is -1.66.